The lowest BCUT2D eigenvalue weighted by Gasteiger charge is -2.10. The normalized spacial score (nSPS) is 11.3. The number of sulfonamides is 1. The molecule has 0 aliphatic heterocycles. The van der Waals surface area contributed by atoms with Crippen molar-refractivity contribution < 1.29 is 8.42 Å². The maximum absolute atomic E-state index is 12.3. The average molecular weight is 376 g/mol. The van der Waals surface area contributed by atoms with Crippen LogP contribution in [0.25, 0.3) is 0 Å². The van der Waals surface area contributed by atoms with Gasteiger partial charge in [-0.25, -0.2) is 8.42 Å². The van der Waals surface area contributed by atoms with E-state index in [1.54, 1.807) is 37.3 Å². The van der Waals surface area contributed by atoms with Crippen LogP contribution in [-0.2, 0) is 10.0 Å². The van der Waals surface area contributed by atoms with E-state index < -0.39 is 10.0 Å². The Morgan fingerprint density at radius 2 is 1.90 bits per heavy atom. The number of nitrogens with two attached hydrogens (primary N) is 1. The summed E-state index contributed by atoms with van der Waals surface area (Å²) in [5.41, 5.74) is 7.28. The molecule has 2 aromatic carbocycles. The lowest BCUT2D eigenvalue weighted by atomic mass is 10.2. The highest BCUT2D eigenvalue weighted by Crippen LogP contribution is 2.27. The molecule has 20 heavy (non-hydrogen) atoms. The Bertz CT molecular complexity index is 743. The lowest BCUT2D eigenvalue weighted by molar-refractivity contribution is 0.601. The van der Waals surface area contributed by atoms with E-state index in [2.05, 4.69) is 20.7 Å². The van der Waals surface area contributed by atoms with Crippen molar-refractivity contribution in [1.82, 2.24) is 0 Å². The summed E-state index contributed by atoms with van der Waals surface area (Å²) in [7, 11) is -3.68. The number of halogens is 2. The third kappa shape index (κ3) is 3.45. The Morgan fingerprint density at radius 1 is 1.20 bits per heavy atom. The molecule has 0 radical (unpaired) electrons. The molecule has 0 fully saturated rings. The number of nitrogen functional groups attached to an aromatic ring is 1. The van der Waals surface area contributed by atoms with Crippen LogP contribution in [0.3, 0.4) is 0 Å². The van der Waals surface area contributed by atoms with Gasteiger partial charge in [-0.2, -0.15) is 0 Å². The van der Waals surface area contributed by atoms with Gasteiger partial charge in [-0.15, -0.1) is 0 Å². The topological polar surface area (TPSA) is 72.2 Å². The summed E-state index contributed by atoms with van der Waals surface area (Å²) in [4.78, 5) is 0.126. The third-order valence-electron chi connectivity index (χ3n) is 2.56. The molecular formula is C13H12BrClN2O2S. The largest absolute Gasteiger partial charge is 0.399 e. The van der Waals surface area contributed by atoms with Crippen molar-refractivity contribution in [2.24, 2.45) is 0 Å². The van der Waals surface area contributed by atoms with E-state index in [1.165, 1.54) is 6.07 Å². The number of nitrogens with one attached hydrogen (secondary N) is 1. The highest BCUT2D eigenvalue weighted by molar-refractivity contribution is 9.10. The molecular weight excluding hydrogens is 364 g/mol. The molecule has 0 unspecified atom stereocenters. The molecule has 3 N–H and O–H groups in total. The van der Waals surface area contributed by atoms with Crippen LogP contribution in [0.1, 0.15) is 5.56 Å². The van der Waals surface area contributed by atoms with E-state index in [-0.39, 0.29) is 4.90 Å². The molecule has 7 heteroatoms. The van der Waals surface area contributed by atoms with E-state index in [4.69, 9.17) is 17.3 Å². The molecule has 0 saturated carbocycles. The van der Waals surface area contributed by atoms with Gasteiger partial charge in [-0.1, -0.05) is 11.6 Å². The van der Waals surface area contributed by atoms with Gasteiger partial charge in [0.15, 0.2) is 0 Å². The van der Waals surface area contributed by atoms with Crippen LogP contribution in [0.15, 0.2) is 45.8 Å². The van der Waals surface area contributed by atoms with Gasteiger partial charge in [0, 0.05) is 10.2 Å². The number of anilines is 2. The summed E-state index contributed by atoms with van der Waals surface area (Å²) in [6.07, 6.45) is 0. The zero-order chi connectivity index (χ0) is 14.9. The van der Waals surface area contributed by atoms with E-state index in [1.807, 2.05) is 0 Å². The van der Waals surface area contributed by atoms with Gasteiger partial charge < -0.3 is 5.73 Å². The van der Waals surface area contributed by atoms with Crippen LogP contribution in [0.5, 0.6) is 0 Å². The fourth-order valence-electron chi connectivity index (χ4n) is 1.71. The highest BCUT2D eigenvalue weighted by atomic mass is 79.9. The molecule has 0 aliphatic carbocycles. The zero-order valence-electron chi connectivity index (χ0n) is 10.5. The molecule has 0 amide bonds. The van der Waals surface area contributed by atoms with Crippen LogP contribution >= 0.6 is 27.5 Å². The maximum atomic E-state index is 12.3. The molecule has 0 spiro atoms. The minimum absolute atomic E-state index is 0.126. The number of rotatable bonds is 3. The molecule has 0 bridgehead atoms. The zero-order valence-corrected chi connectivity index (χ0v) is 13.7. The summed E-state index contributed by atoms with van der Waals surface area (Å²) in [5, 5.41) is 0.507. The fourth-order valence-corrected chi connectivity index (χ4v) is 3.39. The first-order valence-corrected chi connectivity index (χ1v) is 8.28. The molecule has 106 valence electrons. The molecule has 0 saturated heterocycles. The van der Waals surface area contributed by atoms with Crippen molar-refractivity contribution >= 4 is 48.9 Å². The Balaban J connectivity index is 2.37. The van der Waals surface area contributed by atoms with Crippen molar-refractivity contribution in [3.63, 3.8) is 0 Å². The third-order valence-corrected chi connectivity index (χ3v) is 5.13. The number of hydrogen-bond acceptors (Lipinski definition) is 3. The summed E-state index contributed by atoms with van der Waals surface area (Å²) >= 11 is 9.12. The predicted octanol–water partition coefficient (Wildman–Crippen LogP) is 3.79. The summed E-state index contributed by atoms with van der Waals surface area (Å²) < 4.78 is 27.7. The first-order valence-electron chi connectivity index (χ1n) is 5.63. The van der Waals surface area contributed by atoms with Crippen LogP contribution in [-0.4, -0.2) is 8.42 Å². The molecule has 0 aliphatic rings. The minimum atomic E-state index is -3.68. The minimum Gasteiger partial charge on any atom is -0.399 e. The standard InChI is InChI=1S/C13H12BrClN2O2S/c1-8-4-9(16)6-11(5-8)20(18,19)17-10-2-3-13(15)12(14)7-10/h2-7,17H,16H2,1H3. The van der Waals surface area contributed by atoms with Gasteiger partial charge in [-0.3, -0.25) is 4.72 Å². The lowest BCUT2D eigenvalue weighted by Crippen LogP contribution is -2.13. The van der Waals surface area contributed by atoms with Crippen LogP contribution in [0, 0.1) is 6.92 Å². The second-order valence-electron chi connectivity index (χ2n) is 4.31. The fraction of sp³-hybridized carbons (Fsp3) is 0.0769. The van der Waals surface area contributed by atoms with Crippen molar-refractivity contribution in [3.05, 3.63) is 51.5 Å². The molecule has 2 rings (SSSR count). The smallest absolute Gasteiger partial charge is 0.261 e. The average Bonchev–Trinajstić information content (AvgIpc) is 2.32. The first-order chi connectivity index (χ1) is 9.28. The van der Waals surface area contributed by atoms with Gasteiger partial charge in [0.25, 0.3) is 10.0 Å². The quantitative estimate of drug-likeness (QED) is 0.802. The number of benzene rings is 2. The first kappa shape index (κ1) is 15.2. The summed E-state index contributed by atoms with van der Waals surface area (Å²) in [6.45, 7) is 1.79. The Morgan fingerprint density at radius 3 is 2.50 bits per heavy atom. The van der Waals surface area contributed by atoms with Crippen molar-refractivity contribution in [3.8, 4) is 0 Å². The van der Waals surface area contributed by atoms with Gasteiger partial charge in [0.05, 0.1) is 15.6 Å². The van der Waals surface area contributed by atoms with E-state index >= 15 is 0 Å². The second kappa shape index (κ2) is 5.63. The Kier molecular flexibility index (Phi) is 4.27. The highest BCUT2D eigenvalue weighted by Gasteiger charge is 2.15. The summed E-state index contributed by atoms with van der Waals surface area (Å²) in [6, 6.07) is 9.47. The van der Waals surface area contributed by atoms with Crippen molar-refractivity contribution in [1.29, 1.82) is 0 Å². The molecule has 2 aromatic rings. The van der Waals surface area contributed by atoms with Gasteiger partial charge >= 0.3 is 0 Å². The molecule has 0 heterocycles. The monoisotopic (exact) mass is 374 g/mol. The molecule has 0 atom stereocenters. The van der Waals surface area contributed by atoms with Crippen LogP contribution < -0.4 is 10.5 Å². The SMILES string of the molecule is Cc1cc(N)cc(S(=O)(=O)Nc2ccc(Cl)c(Br)c2)c1. The predicted molar refractivity (Wildman–Crippen MR) is 85.6 cm³/mol. The Labute approximate surface area is 131 Å². The number of hydrogen-bond donors (Lipinski definition) is 2. The van der Waals surface area contributed by atoms with Gasteiger partial charge in [-0.05, 0) is 64.8 Å². The maximum Gasteiger partial charge on any atom is 0.261 e. The Hall–Kier alpha value is -1.24. The molecule has 0 aromatic heterocycles. The van der Waals surface area contributed by atoms with Crippen LogP contribution in [0.4, 0.5) is 11.4 Å². The van der Waals surface area contributed by atoms with Crippen LogP contribution in [0.2, 0.25) is 5.02 Å². The van der Waals surface area contributed by atoms with Gasteiger partial charge in [0.1, 0.15) is 0 Å². The van der Waals surface area contributed by atoms with Gasteiger partial charge in [0.2, 0.25) is 0 Å². The number of aryl methyl sites for hydroxylation is 1. The second-order valence-corrected chi connectivity index (χ2v) is 7.26. The van der Waals surface area contributed by atoms with E-state index in [9.17, 15) is 8.42 Å². The van der Waals surface area contributed by atoms with Crippen molar-refractivity contribution in [2.75, 3.05) is 10.5 Å². The summed E-state index contributed by atoms with van der Waals surface area (Å²) in [5.74, 6) is 0. The van der Waals surface area contributed by atoms with Crippen molar-refractivity contribution in [2.45, 2.75) is 11.8 Å². The van der Waals surface area contributed by atoms with E-state index in [0.29, 0.717) is 20.9 Å². The van der Waals surface area contributed by atoms with E-state index in [0.717, 1.165) is 5.56 Å². The molecule has 4 nitrogen and oxygen atoms in total.